The molecule has 0 aliphatic carbocycles. The van der Waals surface area contributed by atoms with E-state index in [4.69, 9.17) is 4.74 Å². The summed E-state index contributed by atoms with van der Waals surface area (Å²) in [6, 6.07) is 0. The Bertz CT molecular complexity index is 324. The first-order chi connectivity index (χ1) is 9.80. The van der Waals surface area contributed by atoms with Crippen molar-refractivity contribution in [2.24, 2.45) is 4.99 Å². The highest BCUT2D eigenvalue weighted by Crippen LogP contribution is 2.08. The molecule has 6 heteroatoms. The molecule has 0 aromatic heterocycles. The van der Waals surface area contributed by atoms with E-state index in [0.29, 0.717) is 13.1 Å². The smallest absolute Gasteiger partial charge is 0.410 e. The maximum absolute atomic E-state index is 11.8. The van der Waals surface area contributed by atoms with E-state index in [1.54, 1.807) is 11.9 Å². The van der Waals surface area contributed by atoms with Gasteiger partial charge >= 0.3 is 6.09 Å². The molecule has 0 fully saturated rings. The number of unbranched alkanes of at least 4 members (excludes halogenated alkanes) is 1. The molecule has 0 aromatic rings. The molecular formula is C15H32N4O2. The van der Waals surface area contributed by atoms with Gasteiger partial charge in [-0.25, -0.2) is 4.79 Å². The summed E-state index contributed by atoms with van der Waals surface area (Å²) in [4.78, 5) is 17.8. The van der Waals surface area contributed by atoms with Gasteiger partial charge in [0.25, 0.3) is 0 Å². The van der Waals surface area contributed by atoms with Gasteiger partial charge in [0.05, 0.1) is 0 Å². The third kappa shape index (κ3) is 10.9. The van der Waals surface area contributed by atoms with Gasteiger partial charge in [-0.1, -0.05) is 13.3 Å². The van der Waals surface area contributed by atoms with Gasteiger partial charge in [-0.05, 0) is 34.1 Å². The van der Waals surface area contributed by atoms with Crippen molar-refractivity contribution in [2.75, 3.05) is 33.2 Å². The van der Waals surface area contributed by atoms with E-state index in [1.807, 2.05) is 27.7 Å². The van der Waals surface area contributed by atoms with Gasteiger partial charge in [0.15, 0.2) is 5.96 Å². The topological polar surface area (TPSA) is 66.0 Å². The van der Waals surface area contributed by atoms with Crippen molar-refractivity contribution in [3.63, 3.8) is 0 Å². The summed E-state index contributed by atoms with van der Waals surface area (Å²) in [5.74, 6) is 0.795. The van der Waals surface area contributed by atoms with Crippen molar-refractivity contribution in [2.45, 2.75) is 53.1 Å². The molecule has 0 unspecified atom stereocenters. The Morgan fingerprint density at radius 1 is 1.24 bits per heavy atom. The first kappa shape index (κ1) is 19.5. The Hall–Kier alpha value is -1.46. The SMILES string of the molecule is CCCCN=C(NCC)NCCN(C)C(=O)OC(C)(C)C. The zero-order valence-electron chi connectivity index (χ0n) is 14.5. The molecule has 0 aliphatic heterocycles. The predicted molar refractivity (Wildman–Crippen MR) is 87.8 cm³/mol. The van der Waals surface area contributed by atoms with Crippen molar-refractivity contribution in [1.29, 1.82) is 0 Å². The lowest BCUT2D eigenvalue weighted by molar-refractivity contribution is 0.0302. The summed E-state index contributed by atoms with van der Waals surface area (Å²) >= 11 is 0. The molecule has 0 bridgehead atoms. The number of hydrogen-bond acceptors (Lipinski definition) is 3. The highest BCUT2D eigenvalue weighted by molar-refractivity contribution is 5.79. The van der Waals surface area contributed by atoms with Crippen LogP contribution in [0.1, 0.15) is 47.5 Å². The molecule has 21 heavy (non-hydrogen) atoms. The van der Waals surface area contributed by atoms with Gasteiger partial charge in [0, 0.05) is 33.2 Å². The Morgan fingerprint density at radius 2 is 1.90 bits per heavy atom. The molecule has 0 spiro atoms. The predicted octanol–water partition coefficient (Wildman–Crippen LogP) is 2.21. The number of likely N-dealkylation sites (N-methyl/N-ethyl adjacent to an activating group) is 1. The third-order valence-electron chi connectivity index (χ3n) is 2.57. The molecule has 0 saturated carbocycles. The average Bonchev–Trinajstić information content (AvgIpc) is 2.36. The number of rotatable bonds is 7. The van der Waals surface area contributed by atoms with Crippen LogP contribution < -0.4 is 10.6 Å². The number of amides is 1. The summed E-state index contributed by atoms with van der Waals surface area (Å²) in [5, 5.41) is 6.40. The number of carbonyl (C=O) groups excluding carboxylic acids is 1. The summed E-state index contributed by atoms with van der Waals surface area (Å²) in [5.41, 5.74) is -0.463. The zero-order valence-corrected chi connectivity index (χ0v) is 14.5. The zero-order chi connectivity index (χ0) is 16.3. The summed E-state index contributed by atoms with van der Waals surface area (Å²) in [7, 11) is 1.73. The molecule has 0 radical (unpaired) electrons. The lowest BCUT2D eigenvalue weighted by Crippen LogP contribution is -2.43. The number of hydrogen-bond donors (Lipinski definition) is 2. The van der Waals surface area contributed by atoms with Gasteiger partial charge in [-0.15, -0.1) is 0 Å². The summed E-state index contributed by atoms with van der Waals surface area (Å²) < 4.78 is 5.30. The summed E-state index contributed by atoms with van der Waals surface area (Å²) in [6.45, 7) is 12.6. The number of ether oxygens (including phenoxy) is 1. The average molecular weight is 300 g/mol. The molecule has 0 atom stereocenters. The molecule has 0 aliphatic rings. The minimum Gasteiger partial charge on any atom is -0.444 e. The van der Waals surface area contributed by atoms with E-state index >= 15 is 0 Å². The van der Waals surface area contributed by atoms with Crippen LogP contribution in [-0.4, -0.2) is 55.8 Å². The number of carbonyl (C=O) groups is 1. The van der Waals surface area contributed by atoms with Gasteiger partial charge in [0.1, 0.15) is 5.60 Å². The fourth-order valence-electron chi connectivity index (χ4n) is 1.46. The number of aliphatic imine (C=N–C) groups is 1. The second kappa shape index (κ2) is 10.3. The number of nitrogens with one attached hydrogen (secondary N) is 2. The molecule has 0 saturated heterocycles. The normalized spacial score (nSPS) is 12.0. The Balaban J connectivity index is 4.12. The van der Waals surface area contributed by atoms with Crippen LogP contribution in [0.3, 0.4) is 0 Å². The first-order valence-electron chi connectivity index (χ1n) is 7.76. The highest BCUT2D eigenvalue weighted by atomic mass is 16.6. The maximum Gasteiger partial charge on any atom is 0.410 e. The largest absolute Gasteiger partial charge is 0.444 e. The van der Waals surface area contributed by atoms with E-state index in [-0.39, 0.29) is 6.09 Å². The van der Waals surface area contributed by atoms with E-state index < -0.39 is 5.60 Å². The van der Waals surface area contributed by atoms with E-state index in [1.165, 1.54) is 0 Å². The molecule has 0 rings (SSSR count). The Labute approximate surface area is 129 Å². The molecular weight excluding hydrogens is 268 g/mol. The first-order valence-corrected chi connectivity index (χ1v) is 7.76. The van der Waals surface area contributed by atoms with E-state index in [0.717, 1.165) is 31.9 Å². The van der Waals surface area contributed by atoms with Crippen molar-refractivity contribution < 1.29 is 9.53 Å². The van der Waals surface area contributed by atoms with Crippen molar-refractivity contribution in [1.82, 2.24) is 15.5 Å². The minimum absolute atomic E-state index is 0.308. The second-order valence-corrected chi connectivity index (χ2v) is 5.94. The van der Waals surface area contributed by atoms with Crippen molar-refractivity contribution in [3.8, 4) is 0 Å². The van der Waals surface area contributed by atoms with Crippen LogP contribution in [0.25, 0.3) is 0 Å². The third-order valence-corrected chi connectivity index (χ3v) is 2.57. The lowest BCUT2D eigenvalue weighted by atomic mass is 10.2. The van der Waals surface area contributed by atoms with Crippen LogP contribution in [-0.2, 0) is 4.74 Å². The molecule has 124 valence electrons. The Morgan fingerprint density at radius 3 is 2.43 bits per heavy atom. The lowest BCUT2D eigenvalue weighted by Gasteiger charge is -2.24. The quantitative estimate of drug-likeness (QED) is 0.430. The van der Waals surface area contributed by atoms with Crippen LogP contribution in [0.15, 0.2) is 4.99 Å². The fourth-order valence-corrected chi connectivity index (χ4v) is 1.46. The summed E-state index contributed by atoms with van der Waals surface area (Å²) in [6.07, 6.45) is 1.90. The van der Waals surface area contributed by atoms with Crippen LogP contribution >= 0.6 is 0 Å². The van der Waals surface area contributed by atoms with Crippen LogP contribution in [0.2, 0.25) is 0 Å². The van der Waals surface area contributed by atoms with Gasteiger partial charge < -0.3 is 20.3 Å². The highest BCUT2D eigenvalue weighted by Gasteiger charge is 2.19. The van der Waals surface area contributed by atoms with Gasteiger partial charge in [-0.3, -0.25) is 4.99 Å². The minimum atomic E-state index is -0.463. The molecule has 6 nitrogen and oxygen atoms in total. The van der Waals surface area contributed by atoms with E-state index in [2.05, 4.69) is 22.5 Å². The second-order valence-electron chi connectivity index (χ2n) is 5.94. The van der Waals surface area contributed by atoms with Gasteiger partial charge in [0.2, 0.25) is 0 Å². The molecule has 1 amide bonds. The van der Waals surface area contributed by atoms with Crippen LogP contribution in [0.4, 0.5) is 4.79 Å². The van der Waals surface area contributed by atoms with Crippen LogP contribution in [0.5, 0.6) is 0 Å². The van der Waals surface area contributed by atoms with Crippen LogP contribution in [0, 0.1) is 0 Å². The molecule has 2 N–H and O–H groups in total. The maximum atomic E-state index is 11.8. The standard InChI is InChI=1S/C15H32N4O2/c1-7-9-10-17-13(16-8-2)18-11-12-19(6)14(20)21-15(3,4)5/h7-12H2,1-6H3,(H2,16,17,18). The molecule has 0 heterocycles. The Kier molecular flexibility index (Phi) is 9.58. The van der Waals surface area contributed by atoms with Gasteiger partial charge in [-0.2, -0.15) is 0 Å². The van der Waals surface area contributed by atoms with Crippen molar-refractivity contribution >= 4 is 12.1 Å². The van der Waals surface area contributed by atoms with Crippen molar-refractivity contribution in [3.05, 3.63) is 0 Å². The fraction of sp³-hybridized carbons (Fsp3) is 0.867. The number of nitrogens with zero attached hydrogens (tertiary/aromatic N) is 2. The number of guanidine groups is 1. The van der Waals surface area contributed by atoms with E-state index in [9.17, 15) is 4.79 Å². The monoisotopic (exact) mass is 300 g/mol. The molecule has 0 aromatic carbocycles.